The maximum atomic E-state index is 11.4. The molecule has 16 heavy (non-hydrogen) atoms. The van der Waals surface area contributed by atoms with Crippen molar-refractivity contribution >= 4 is 16.7 Å². The number of aliphatic hydroxyl groups excluding tert-OH is 1. The first-order valence-corrected chi connectivity index (χ1v) is 5.20. The Hall–Kier alpha value is -1.65. The molecule has 4 heteroatoms. The van der Waals surface area contributed by atoms with Crippen molar-refractivity contribution in [3.05, 3.63) is 35.5 Å². The van der Waals surface area contributed by atoms with Crippen LogP contribution in [0, 0.1) is 0 Å². The van der Waals surface area contributed by atoms with E-state index in [4.69, 9.17) is 10.8 Å². The van der Waals surface area contributed by atoms with Crippen LogP contribution < -0.4 is 5.73 Å². The van der Waals surface area contributed by atoms with Gasteiger partial charge in [-0.3, -0.25) is 4.79 Å². The maximum Gasteiger partial charge on any atom is 0.188 e. The Kier molecular flexibility index (Phi) is 3.03. The van der Waals surface area contributed by atoms with Crippen LogP contribution in [0.2, 0.25) is 0 Å². The molecule has 0 aliphatic carbocycles. The molecule has 1 aromatic carbocycles. The lowest BCUT2D eigenvalue weighted by atomic mass is 10.1. The van der Waals surface area contributed by atoms with Gasteiger partial charge in [-0.15, -0.1) is 0 Å². The minimum atomic E-state index is -0.456. The monoisotopic (exact) mass is 218 g/mol. The fourth-order valence-corrected chi connectivity index (χ4v) is 1.81. The number of hydrogen-bond donors (Lipinski definition) is 3. The molecule has 84 valence electrons. The van der Waals surface area contributed by atoms with E-state index >= 15 is 0 Å². The van der Waals surface area contributed by atoms with Gasteiger partial charge in [-0.1, -0.05) is 0 Å². The van der Waals surface area contributed by atoms with E-state index in [1.54, 1.807) is 12.1 Å². The van der Waals surface area contributed by atoms with Gasteiger partial charge in [0, 0.05) is 22.7 Å². The van der Waals surface area contributed by atoms with Crippen molar-refractivity contribution in [3.8, 4) is 0 Å². The van der Waals surface area contributed by atoms with Crippen molar-refractivity contribution in [1.29, 1.82) is 0 Å². The van der Waals surface area contributed by atoms with E-state index in [1.165, 1.54) is 0 Å². The molecule has 0 atom stereocenters. The molecule has 0 saturated carbocycles. The zero-order valence-electron chi connectivity index (χ0n) is 8.86. The Labute approximate surface area is 93.1 Å². The highest BCUT2D eigenvalue weighted by Gasteiger charge is 2.08. The molecule has 0 saturated heterocycles. The largest absolute Gasteiger partial charge is 0.388 e. The molecule has 0 unspecified atom stereocenters. The van der Waals surface area contributed by atoms with Gasteiger partial charge >= 0.3 is 0 Å². The molecule has 0 aliphatic rings. The van der Waals surface area contributed by atoms with Crippen LogP contribution in [0.1, 0.15) is 15.9 Å². The number of fused-ring (bicyclic) bond motifs is 1. The number of aromatic amines is 1. The lowest BCUT2D eigenvalue weighted by molar-refractivity contribution is 0.0904. The van der Waals surface area contributed by atoms with Crippen molar-refractivity contribution in [1.82, 2.24) is 4.98 Å². The fraction of sp³-hybridized carbons (Fsp3) is 0.250. The molecule has 0 spiro atoms. The van der Waals surface area contributed by atoms with Crippen molar-refractivity contribution < 1.29 is 9.90 Å². The van der Waals surface area contributed by atoms with E-state index in [-0.39, 0.29) is 5.78 Å². The number of carbonyl (C=O) groups is 1. The molecule has 0 bridgehead atoms. The summed E-state index contributed by atoms with van der Waals surface area (Å²) in [5, 5.41) is 9.81. The molecule has 1 heterocycles. The third-order valence-corrected chi connectivity index (χ3v) is 2.65. The SMILES string of the molecule is NCCc1c[nH]c2ccc(C(=O)CO)cc12. The average molecular weight is 218 g/mol. The number of Topliss-reactive ketones (excluding diaryl/α,β-unsaturated/α-hetero) is 1. The third kappa shape index (κ3) is 1.85. The summed E-state index contributed by atoms with van der Waals surface area (Å²) < 4.78 is 0. The van der Waals surface area contributed by atoms with Crippen LogP contribution in [0.15, 0.2) is 24.4 Å². The summed E-state index contributed by atoms with van der Waals surface area (Å²) in [6.07, 6.45) is 2.68. The summed E-state index contributed by atoms with van der Waals surface area (Å²) in [6, 6.07) is 5.36. The number of nitrogens with two attached hydrogens (primary N) is 1. The summed E-state index contributed by atoms with van der Waals surface area (Å²) in [5.41, 5.74) is 8.14. The predicted octanol–water partition coefficient (Wildman–Crippen LogP) is 0.844. The van der Waals surface area contributed by atoms with Gasteiger partial charge in [0.25, 0.3) is 0 Å². The molecule has 1 aromatic heterocycles. The normalized spacial score (nSPS) is 10.9. The number of carbonyl (C=O) groups excluding carboxylic acids is 1. The molecule has 4 N–H and O–H groups in total. The van der Waals surface area contributed by atoms with Crippen molar-refractivity contribution in [2.45, 2.75) is 6.42 Å². The average Bonchev–Trinajstić information content (AvgIpc) is 2.71. The van der Waals surface area contributed by atoms with Crippen molar-refractivity contribution in [2.24, 2.45) is 5.73 Å². The van der Waals surface area contributed by atoms with E-state index < -0.39 is 6.61 Å². The molecular formula is C12H14N2O2. The lowest BCUT2D eigenvalue weighted by Gasteiger charge is -2.00. The van der Waals surface area contributed by atoms with E-state index in [0.29, 0.717) is 12.1 Å². The van der Waals surface area contributed by atoms with E-state index in [2.05, 4.69) is 4.98 Å². The quantitative estimate of drug-likeness (QED) is 0.665. The van der Waals surface area contributed by atoms with E-state index in [1.807, 2.05) is 12.3 Å². The molecule has 0 fully saturated rings. The number of aromatic nitrogens is 1. The number of benzene rings is 1. The number of nitrogens with one attached hydrogen (secondary N) is 1. The number of aliphatic hydroxyl groups is 1. The van der Waals surface area contributed by atoms with Crippen LogP contribution in [0.4, 0.5) is 0 Å². The third-order valence-electron chi connectivity index (χ3n) is 2.65. The van der Waals surface area contributed by atoms with Crippen LogP contribution in [0.3, 0.4) is 0 Å². The van der Waals surface area contributed by atoms with Gasteiger partial charge in [0.1, 0.15) is 6.61 Å². The molecular weight excluding hydrogens is 204 g/mol. The summed E-state index contributed by atoms with van der Waals surface area (Å²) in [5.74, 6) is -0.262. The Morgan fingerprint density at radius 2 is 2.25 bits per heavy atom. The standard InChI is InChI=1S/C12H14N2O2/c13-4-3-9-6-14-11-2-1-8(5-10(9)11)12(16)7-15/h1-2,5-6,14-15H,3-4,7,13H2. The van der Waals surface area contributed by atoms with E-state index in [0.717, 1.165) is 22.9 Å². The van der Waals surface area contributed by atoms with Crippen LogP contribution in [0.5, 0.6) is 0 Å². The summed E-state index contributed by atoms with van der Waals surface area (Å²) in [4.78, 5) is 14.5. The van der Waals surface area contributed by atoms with Crippen LogP contribution in [-0.4, -0.2) is 29.0 Å². The van der Waals surface area contributed by atoms with Crippen LogP contribution >= 0.6 is 0 Å². The summed E-state index contributed by atoms with van der Waals surface area (Å²) >= 11 is 0. The lowest BCUT2D eigenvalue weighted by Crippen LogP contribution is -2.04. The zero-order chi connectivity index (χ0) is 11.5. The van der Waals surface area contributed by atoms with Gasteiger partial charge in [-0.2, -0.15) is 0 Å². The second kappa shape index (κ2) is 4.47. The topological polar surface area (TPSA) is 79.1 Å². The first kappa shape index (κ1) is 10.9. The summed E-state index contributed by atoms with van der Waals surface area (Å²) in [6.45, 7) is 0.118. The Balaban J connectivity index is 2.49. The van der Waals surface area contributed by atoms with Crippen molar-refractivity contribution in [2.75, 3.05) is 13.2 Å². The molecule has 0 radical (unpaired) electrons. The Morgan fingerprint density at radius 1 is 1.44 bits per heavy atom. The first-order valence-electron chi connectivity index (χ1n) is 5.20. The second-order valence-electron chi connectivity index (χ2n) is 3.69. The zero-order valence-corrected chi connectivity index (χ0v) is 8.86. The van der Waals surface area contributed by atoms with Crippen LogP contribution in [0.25, 0.3) is 10.9 Å². The highest BCUT2D eigenvalue weighted by Crippen LogP contribution is 2.20. The number of ketones is 1. The van der Waals surface area contributed by atoms with Gasteiger partial charge in [0.2, 0.25) is 0 Å². The predicted molar refractivity (Wildman–Crippen MR) is 62.5 cm³/mol. The van der Waals surface area contributed by atoms with Crippen LogP contribution in [-0.2, 0) is 6.42 Å². The number of hydrogen-bond acceptors (Lipinski definition) is 3. The molecule has 2 aromatic rings. The van der Waals surface area contributed by atoms with Gasteiger partial charge < -0.3 is 15.8 Å². The van der Waals surface area contributed by atoms with E-state index in [9.17, 15) is 4.79 Å². The number of rotatable bonds is 4. The number of H-pyrrole nitrogens is 1. The molecule has 4 nitrogen and oxygen atoms in total. The van der Waals surface area contributed by atoms with Gasteiger partial charge in [0.05, 0.1) is 0 Å². The Bertz CT molecular complexity index is 517. The first-order chi connectivity index (χ1) is 7.76. The highest BCUT2D eigenvalue weighted by molar-refractivity contribution is 6.00. The van der Waals surface area contributed by atoms with Gasteiger partial charge in [0.15, 0.2) is 5.78 Å². The van der Waals surface area contributed by atoms with Gasteiger partial charge in [-0.05, 0) is 36.7 Å². The minimum Gasteiger partial charge on any atom is -0.388 e. The molecule has 0 aliphatic heterocycles. The highest BCUT2D eigenvalue weighted by atomic mass is 16.3. The van der Waals surface area contributed by atoms with Gasteiger partial charge in [-0.25, -0.2) is 0 Å². The smallest absolute Gasteiger partial charge is 0.188 e. The summed E-state index contributed by atoms with van der Waals surface area (Å²) in [7, 11) is 0. The maximum absolute atomic E-state index is 11.4. The fourth-order valence-electron chi connectivity index (χ4n) is 1.81. The molecule has 2 rings (SSSR count). The molecule has 0 amide bonds. The Morgan fingerprint density at radius 3 is 2.94 bits per heavy atom. The minimum absolute atomic E-state index is 0.262. The van der Waals surface area contributed by atoms with Crippen molar-refractivity contribution in [3.63, 3.8) is 0 Å². The second-order valence-corrected chi connectivity index (χ2v) is 3.69.